The Balaban J connectivity index is 2.08. The average Bonchev–Trinajstić information content (AvgIpc) is 2.61. The molecule has 0 spiro atoms. The molecular weight excluding hydrogens is 306 g/mol. The highest BCUT2D eigenvalue weighted by Crippen LogP contribution is 2.28. The summed E-state index contributed by atoms with van der Waals surface area (Å²) in [5.74, 6) is 1.68. The standard InChI is InChI=1S/C19H21NO4/c1-4-24-17-11-9-14(13-18(17)23-3)10-12-19(21)20-15-7-5-6-8-16(15)22-2/h5-13H,4H2,1-3H3,(H,20,21). The van der Waals surface area contributed by atoms with Crippen molar-refractivity contribution >= 4 is 17.7 Å². The maximum absolute atomic E-state index is 12.1. The molecule has 0 radical (unpaired) electrons. The average molecular weight is 327 g/mol. The van der Waals surface area contributed by atoms with Gasteiger partial charge >= 0.3 is 0 Å². The summed E-state index contributed by atoms with van der Waals surface area (Å²) in [5.41, 5.74) is 1.46. The summed E-state index contributed by atoms with van der Waals surface area (Å²) in [6.07, 6.45) is 3.17. The molecule has 2 rings (SSSR count). The molecule has 0 aliphatic carbocycles. The van der Waals surface area contributed by atoms with Crippen LogP contribution >= 0.6 is 0 Å². The molecule has 1 N–H and O–H groups in total. The number of ether oxygens (including phenoxy) is 3. The van der Waals surface area contributed by atoms with Crippen LogP contribution < -0.4 is 19.5 Å². The van der Waals surface area contributed by atoms with E-state index in [1.54, 1.807) is 32.4 Å². The van der Waals surface area contributed by atoms with Crippen molar-refractivity contribution < 1.29 is 19.0 Å². The summed E-state index contributed by atoms with van der Waals surface area (Å²) >= 11 is 0. The van der Waals surface area contributed by atoms with Crippen molar-refractivity contribution in [2.45, 2.75) is 6.92 Å². The normalized spacial score (nSPS) is 10.5. The molecule has 0 saturated carbocycles. The lowest BCUT2D eigenvalue weighted by atomic mass is 10.2. The van der Waals surface area contributed by atoms with Crippen LogP contribution in [0.3, 0.4) is 0 Å². The number of nitrogens with one attached hydrogen (secondary N) is 1. The smallest absolute Gasteiger partial charge is 0.248 e. The Morgan fingerprint density at radius 2 is 1.79 bits per heavy atom. The summed E-state index contributed by atoms with van der Waals surface area (Å²) in [5, 5.41) is 2.79. The predicted octanol–water partition coefficient (Wildman–Crippen LogP) is 3.75. The fourth-order valence-electron chi connectivity index (χ4n) is 2.16. The molecule has 0 bridgehead atoms. The minimum Gasteiger partial charge on any atom is -0.495 e. The number of rotatable bonds is 7. The van der Waals surface area contributed by atoms with Gasteiger partial charge in [-0.1, -0.05) is 18.2 Å². The quantitative estimate of drug-likeness (QED) is 0.787. The Kier molecular flexibility index (Phi) is 6.25. The van der Waals surface area contributed by atoms with Crippen molar-refractivity contribution in [1.82, 2.24) is 0 Å². The highest BCUT2D eigenvalue weighted by atomic mass is 16.5. The minimum atomic E-state index is -0.243. The van der Waals surface area contributed by atoms with Crippen LogP contribution in [0.4, 0.5) is 5.69 Å². The van der Waals surface area contributed by atoms with E-state index in [0.29, 0.717) is 29.5 Å². The topological polar surface area (TPSA) is 56.8 Å². The Morgan fingerprint density at radius 1 is 1.04 bits per heavy atom. The molecule has 5 heteroatoms. The zero-order valence-electron chi connectivity index (χ0n) is 14.0. The molecule has 0 atom stereocenters. The molecule has 0 aliphatic heterocycles. The van der Waals surface area contributed by atoms with Gasteiger partial charge in [0.15, 0.2) is 11.5 Å². The Bertz CT molecular complexity index is 725. The number of carbonyl (C=O) groups is 1. The fourth-order valence-corrected chi connectivity index (χ4v) is 2.16. The maximum Gasteiger partial charge on any atom is 0.248 e. The summed E-state index contributed by atoms with van der Waals surface area (Å²) < 4.78 is 16.0. The van der Waals surface area contributed by atoms with Crippen LogP contribution in [0.5, 0.6) is 17.2 Å². The second kappa shape index (κ2) is 8.62. The van der Waals surface area contributed by atoms with Gasteiger partial charge in [-0.15, -0.1) is 0 Å². The van der Waals surface area contributed by atoms with Crippen LogP contribution in [0.15, 0.2) is 48.5 Å². The van der Waals surface area contributed by atoms with Gasteiger partial charge in [0.1, 0.15) is 5.75 Å². The summed E-state index contributed by atoms with van der Waals surface area (Å²) in [7, 11) is 3.15. The van der Waals surface area contributed by atoms with E-state index in [9.17, 15) is 4.79 Å². The number of methoxy groups -OCH3 is 2. The first-order valence-corrected chi connectivity index (χ1v) is 7.60. The second-order valence-corrected chi connectivity index (χ2v) is 4.87. The van der Waals surface area contributed by atoms with Crippen LogP contribution in [0.25, 0.3) is 6.08 Å². The third-order valence-electron chi connectivity index (χ3n) is 3.28. The third kappa shape index (κ3) is 4.52. The van der Waals surface area contributed by atoms with E-state index in [2.05, 4.69) is 5.32 Å². The van der Waals surface area contributed by atoms with Crippen molar-refractivity contribution in [3.8, 4) is 17.2 Å². The summed E-state index contributed by atoms with van der Waals surface area (Å²) in [6.45, 7) is 2.47. The van der Waals surface area contributed by atoms with Crippen molar-refractivity contribution in [2.75, 3.05) is 26.1 Å². The fraction of sp³-hybridized carbons (Fsp3) is 0.211. The van der Waals surface area contributed by atoms with E-state index in [4.69, 9.17) is 14.2 Å². The molecule has 0 unspecified atom stereocenters. The van der Waals surface area contributed by atoms with E-state index in [-0.39, 0.29) is 5.91 Å². The molecular formula is C19H21NO4. The summed E-state index contributed by atoms with van der Waals surface area (Å²) in [6, 6.07) is 12.7. The number of para-hydroxylation sites is 2. The Labute approximate surface area is 141 Å². The lowest BCUT2D eigenvalue weighted by Gasteiger charge is -2.09. The number of anilines is 1. The molecule has 24 heavy (non-hydrogen) atoms. The molecule has 0 fully saturated rings. The molecule has 0 heterocycles. The lowest BCUT2D eigenvalue weighted by Crippen LogP contribution is -2.08. The van der Waals surface area contributed by atoms with Crippen molar-refractivity contribution in [3.05, 3.63) is 54.1 Å². The van der Waals surface area contributed by atoms with Gasteiger partial charge in [-0.2, -0.15) is 0 Å². The van der Waals surface area contributed by atoms with Gasteiger partial charge in [-0.05, 0) is 42.8 Å². The molecule has 0 aliphatic rings. The molecule has 2 aromatic carbocycles. The number of carbonyl (C=O) groups excluding carboxylic acids is 1. The van der Waals surface area contributed by atoms with Crippen LogP contribution in [-0.4, -0.2) is 26.7 Å². The third-order valence-corrected chi connectivity index (χ3v) is 3.28. The zero-order chi connectivity index (χ0) is 17.4. The zero-order valence-corrected chi connectivity index (χ0v) is 14.0. The predicted molar refractivity (Wildman–Crippen MR) is 94.8 cm³/mol. The van der Waals surface area contributed by atoms with Gasteiger partial charge in [-0.25, -0.2) is 0 Å². The number of amides is 1. The van der Waals surface area contributed by atoms with Gasteiger partial charge in [0.05, 0.1) is 26.5 Å². The summed E-state index contributed by atoms with van der Waals surface area (Å²) in [4.78, 5) is 12.1. The van der Waals surface area contributed by atoms with Crippen molar-refractivity contribution in [2.24, 2.45) is 0 Å². The monoisotopic (exact) mass is 327 g/mol. The molecule has 126 valence electrons. The van der Waals surface area contributed by atoms with Gasteiger partial charge in [-0.3, -0.25) is 4.79 Å². The van der Waals surface area contributed by atoms with Crippen molar-refractivity contribution in [1.29, 1.82) is 0 Å². The molecule has 1 amide bonds. The Hall–Kier alpha value is -2.95. The molecule has 2 aromatic rings. The Morgan fingerprint density at radius 3 is 2.50 bits per heavy atom. The van der Waals surface area contributed by atoms with Gasteiger partial charge < -0.3 is 19.5 Å². The number of benzene rings is 2. The van der Waals surface area contributed by atoms with Crippen LogP contribution in [-0.2, 0) is 4.79 Å². The maximum atomic E-state index is 12.1. The van der Waals surface area contributed by atoms with Gasteiger partial charge in [0.2, 0.25) is 5.91 Å². The van der Waals surface area contributed by atoms with E-state index in [1.807, 2.05) is 37.3 Å². The highest BCUT2D eigenvalue weighted by molar-refractivity contribution is 6.02. The highest BCUT2D eigenvalue weighted by Gasteiger charge is 2.06. The first kappa shape index (κ1) is 17.4. The number of hydrogen-bond acceptors (Lipinski definition) is 4. The molecule has 0 saturated heterocycles. The SMILES string of the molecule is CCOc1ccc(C=CC(=O)Nc2ccccc2OC)cc1OC. The van der Waals surface area contributed by atoms with Crippen LogP contribution in [0.1, 0.15) is 12.5 Å². The second-order valence-electron chi connectivity index (χ2n) is 4.87. The number of hydrogen-bond donors (Lipinski definition) is 1. The van der Waals surface area contributed by atoms with Crippen LogP contribution in [0, 0.1) is 0 Å². The van der Waals surface area contributed by atoms with E-state index < -0.39 is 0 Å². The van der Waals surface area contributed by atoms with Gasteiger partial charge in [0.25, 0.3) is 0 Å². The first-order valence-electron chi connectivity index (χ1n) is 7.60. The van der Waals surface area contributed by atoms with Gasteiger partial charge in [0, 0.05) is 6.08 Å². The minimum absolute atomic E-state index is 0.243. The largest absolute Gasteiger partial charge is 0.495 e. The van der Waals surface area contributed by atoms with E-state index in [1.165, 1.54) is 6.08 Å². The lowest BCUT2D eigenvalue weighted by molar-refractivity contribution is -0.111. The first-order chi connectivity index (χ1) is 11.7. The van der Waals surface area contributed by atoms with E-state index in [0.717, 1.165) is 5.56 Å². The van der Waals surface area contributed by atoms with E-state index >= 15 is 0 Å². The molecule has 0 aromatic heterocycles. The van der Waals surface area contributed by atoms with Crippen molar-refractivity contribution in [3.63, 3.8) is 0 Å². The van der Waals surface area contributed by atoms with Crippen LogP contribution in [0.2, 0.25) is 0 Å². The molecule has 5 nitrogen and oxygen atoms in total.